The van der Waals surface area contributed by atoms with Crippen molar-refractivity contribution in [3.8, 4) is 0 Å². The van der Waals surface area contributed by atoms with Crippen LogP contribution in [-0.4, -0.2) is 47.8 Å². The predicted octanol–water partition coefficient (Wildman–Crippen LogP) is 7.96. The standard InChI is InChI=1S/C39H57N3O2/c1-26(2)27-13-18-39(34(44)42-24-22-41(23-25-42)32-10-8-9-21-40-32)20-19-37(6)28(33(27)39)11-12-30-36(5)16-15-31(43)35(3,4)29(36)14-17-38(30,37)7/h8-10,21,27-30,33H,1,11-20,22-25H2,2-7H3/t27-,28?,29?,30+,33+,36-,37+,38+,39-/m0/s1. The molecule has 6 fully saturated rings. The largest absolute Gasteiger partial charge is 0.353 e. The summed E-state index contributed by atoms with van der Waals surface area (Å²) in [6.07, 6.45) is 12.9. The summed E-state index contributed by atoms with van der Waals surface area (Å²) in [7, 11) is 0. The Morgan fingerprint density at radius 2 is 1.61 bits per heavy atom. The molecule has 5 saturated carbocycles. The molecule has 1 aromatic rings. The number of aromatic nitrogens is 1. The molecule has 1 aliphatic heterocycles. The van der Waals surface area contributed by atoms with Gasteiger partial charge in [-0.3, -0.25) is 9.59 Å². The molecular weight excluding hydrogens is 542 g/mol. The number of piperazine rings is 1. The van der Waals surface area contributed by atoms with E-state index in [0.29, 0.717) is 41.3 Å². The highest BCUT2D eigenvalue weighted by Crippen LogP contribution is 2.77. The van der Waals surface area contributed by atoms with Crippen molar-refractivity contribution in [3.63, 3.8) is 0 Å². The molecule has 7 rings (SSSR count). The molecule has 1 amide bonds. The van der Waals surface area contributed by atoms with E-state index in [1.54, 1.807) is 0 Å². The van der Waals surface area contributed by atoms with Gasteiger partial charge in [-0.25, -0.2) is 4.98 Å². The third kappa shape index (κ3) is 3.98. The molecule has 0 bridgehead atoms. The van der Waals surface area contributed by atoms with Crippen molar-refractivity contribution in [2.75, 3.05) is 31.1 Å². The summed E-state index contributed by atoms with van der Waals surface area (Å²) in [4.78, 5) is 37.2. The van der Waals surface area contributed by atoms with Gasteiger partial charge in [0.25, 0.3) is 0 Å². The Bertz CT molecular complexity index is 1330. The minimum Gasteiger partial charge on any atom is -0.353 e. The second-order valence-corrected chi connectivity index (χ2v) is 17.5. The maximum atomic E-state index is 14.9. The number of carbonyl (C=O) groups excluding carboxylic acids is 2. The summed E-state index contributed by atoms with van der Waals surface area (Å²) in [5, 5.41) is 0. The van der Waals surface area contributed by atoms with E-state index in [0.717, 1.165) is 70.5 Å². The minimum absolute atomic E-state index is 0.208. The van der Waals surface area contributed by atoms with Crippen LogP contribution < -0.4 is 4.90 Å². The third-order valence-electron chi connectivity index (χ3n) is 15.8. The number of carbonyl (C=O) groups is 2. The Labute approximate surface area is 266 Å². The van der Waals surface area contributed by atoms with Crippen molar-refractivity contribution in [2.24, 2.45) is 56.7 Å². The molecule has 2 heterocycles. The second kappa shape index (κ2) is 10.2. The molecule has 5 nitrogen and oxygen atoms in total. The van der Waals surface area contributed by atoms with E-state index < -0.39 is 0 Å². The van der Waals surface area contributed by atoms with E-state index in [-0.39, 0.29) is 27.1 Å². The maximum absolute atomic E-state index is 14.9. The lowest BCUT2D eigenvalue weighted by Gasteiger charge is -2.72. The SMILES string of the molecule is C=C(C)[C@@H]1CC[C@]2(C(=O)N3CCN(c4ccccn4)CC3)CC[C@]3(C)C(CC[C@@H]4[C@@]5(C)CCC(=O)C(C)(C)C5CC[C@]43C)[C@@H]12. The zero-order chi connectivity index (χ0) is 31.3. The molecule has 0 radical (unpaired) electrons. The highest BCUT2D eigenvalue weighted by Gasteiger charge is 2.72. The van der Waals surface area contributed by atoms with Gasteiger partial charge in [0.1, 0.15) is 11.6 Å². The Balaban J connectivity index is 1.19. The average molecular weight is 600 g/mol. The first-order valence-electron chi connectivity index (χ1n) is 17.9. The van der Waals surface area contributed by atoms with Gasteiger partial charge in [-0.2, -0.15) is 0 Å². The monoisotopic (exact) mass is 599 g/mol. The van der Waals surface area contributed by atoms with Gasteiger partial charge >= 0.3 is 0 Å². The van der Waals surface area contributed by atoms with Gasteiger partial charge in [0.15, 0.2) is 0 Å². The van der Waals surface area contributed by atoms with Crippen molar-refractivity contribution < 1.29 is 9.59 Å². The fourth-order valence-electron chi connectivity index (χ4n) is 13.3. The van der Waals surface area contributed by atoms with Crippen LogP contribution in [0.1, 0.15) is 106 Å². The van der Waals surface area contributed by atoms with Crippen molar-refractivity contribution >= 4 is 17.5 Å². The molecule has 2 unspecified atom stereocenters. The molecular formula is C39H57N3O2. The van der Waals surface area contributed by atoms with Gasteiger partial charge in [0.2, 0.25) is 5.91 Å². The maximum Gasteiger partial charge on any atom is 0.229 e. The van der Waals surface area contributed by atoms with Crippen LogP contribution in [0, 0.1) is 56.7 Å². The summed E-state index contributed by atoms with van der Waals surface area (Å²) in [5.41, 5.74) is 1.51. The van der Waals surface area contributed by atoms with E-state index >= 15 is 0 Å². The zero-order valence-corrected chi connectivity index (χ0v) is 28.5. The van der Waals surface area contributed by atoms with Crippen molar-refractivity contribution in [1.29, 1.82) is 0 Å². The summed E-state index contributed by atoms with van der Waals surface area (Å²) in [6.45, 7) is 22.5. The molecule has 1 saturated heterocycles. The molecule has 5 aliphatic carbocycles. The smallest absolute Gasteiger partial charge is 0.229 e. The summed E-state index contributed by atoms with van der Waals surface area (Å²) in [6, 6.07) is 6.10. The van der Waals surface area contributed by atoms with Crippen LogP contribution in [0.25, 0.3) is 0 Å². The van der Waals surface area contributed by atoms with E-state index in [2.05, 4.69) is 75.0 Å². The molecule has 5 heteroatoms. The lowest BCUT2D eigenvalue weighted by molar-refractivity contribution is -0.234. The molecule has 0 aromatic carbocycles. The number of allylic oxidation sites excluding steroid dienone is 1. The highest BCUT2D eigenvalue weighted by atomic mass is 16.2. The van der Waals surface area contributed by atoms with E-state index in [1.807, 2.05) is 12.3 Å². The Hall–Kier alpha value is -2.17. The summed E-state index contributed by atoms with van der Waals surface area (Å²) < 4.78 is 0. The van der Waals surface area contributed by atoms with Crippen molar-refractivity contribution in [3.05, 3.63) is 36.5 Å². The van der Waals surface area contributed by atoms with E-state index in [9.17, 15) is 9.59 Å². The number of hydrogen-bond donors (Lipinski definition) is 0. The Morgan fingerprint density at radius 3 is 2.30 bits per heavy atom. The van der Waals surface area contributed by atoms with Crippen molar-refractivity contribution in [1.82, 2.24) is 9.88 Å². The van der Waals surface area contributed by atoms with Gasteiger partial charge < -0.3 is 9.80 Å². The average Bonchev–Trinajstić information content (AvgIpc) is 3.41. The topological polar surface area (TPSA) is 53.5 Å². The van der Waals surface area contributed by atoms with Crippen LogP contribution in [0.3, 0.4) is 0 Å². The highest BCUT2D eigenvalue weighted by molar-refractivity contribution is 5.86. The Kier molecular flexibility index (Phi) is 7.04. The predicted molar refractivity (Wildman–Crippen MR) is 177 cm³/mol. The minimum atomic E-state index is -0.246. The van der Waals surface area contributed by atoms with Crippen LogP contribution in [0.2, 0.25) is 0 Å². The number of ketones is 1. The van der Waals surface area contributed by atoms with Crippen LogP contribution in [0.15, 0.2) is 36.5 Å². The van der Waals surface area contributed by atoms with Gasteiger partial charge in [0.05, 0.1) is 5.41 Å². The first-order valence-corrected chi connectivity index (χ1v) is 17.9. The Morgan fingerprint density at radius 1 is 0.864 bits per heavy atom. The fourth-order valence-corrected chi connectivity index (χ4v) is 13.3. The fraction of sp³-hybridized carbons (Fsp3) is 0.769. The first kappa shape index (κ1) is 30.5. The molecule has 9 atom stereocenters. The summed E-state index contributed by atoms with van der Waals surface area (Å²) in [5.74, 6) is 4.48. The van der Waals surface area contributed by atoms with Crippen LogP contribution in [0.4, 0.5) is 5.82 Å². The number of rotatable bonds is 3. The molecule has 0 spiro atoms. The lowest BCUT2D eigenvalue weighted by Crippen LogP contribution is -2.67. The van der Waals surface area contributed by atoms with Crippen LogP contribution >= 0.6 is 0 Å². The van der Waals surface area contributed by atoms with Crippen LogP contribution in [-0.2, 0) is 9.59 Å². The third-order valence-corrected chi connectivity index (χ3v) is 15.8. The van der Waals surface area contributed by atoms with Crippen LogP contribution in [0.5, 0.6) is 0 Å². The quantitative estimate of drug-likeness (QED) is 0.331. The summed E-state index contributed by atoms with van der Waals surface area (Å²) >= 11 is 0. The van der Waals surface area contributed by atoms with Gasteiger partial charge in [-0.05, 0) is 123 Å². The van der Waals surface area contributed by atoms with Gasteiger partial charge in [0, 0.05) is 44.2 Å². The molecule has 240 valence electrons. The first-order chi connectivity index (χ1) is 20.8. The van der Waals surface area contributed by atoms with E-state index in [4.69, 9.17) is 0 Å². The normalized spacial score (nSPS) is 44.7. The van der Waals surface area contributed by atoms with Gasteiger partial charge in [-0.15, -0.1) is 0 Å². The number of amides is 1. The number of pyridine rings is 1. The zero-order valence-electron chi connectivity index (χ0n) is 28.5. The van der Waals surface area contributed by atoms with Gasteiger partial charge in [-0.1, -0.05) is 52.8 Å². The van der Waals surface area contributed by atoms with Crippen molar-refractivity contribution in [2.45, 2.75) is 106 Å². The number of fused-ring (bicyclic) bond motifs is 7. The molecule has 0 N–H and O–H groups in total. The van der Waals surface area contributed by atoms with E-state index in [1.165, 1.54) is 31.3 Å². The number of Topliss-reactive ketones (excluding diaryl/α,β-unsaturated/α-hetero) is 1. The number of anilines is 1. The number of nitrogens with zero attached hydrogens (tertiary/aromatic N) is 3. The lowest BCUT2D eigenvalue weighted by atomic mass is 9.32. The second-order valence-electron chi connectivity index (χ2n) is 17.5. The molecule has 44 heavy (non-hydrogen) atoms. The number of hydrogen-bond acceptors (Lipinski definition) is 4. The molecule has 1 aromatic heterocycles. The molecule has 6 aliphatic rings.